The number of hydrogen-bond donors (Lipinski definition) is 0. The fraction of sp³-hybridized carbons (Fsp3) is 0.500. The lowest BCUT2D eigenvalue weighted by Gasteiger charge is -2.11. The fourth-order valence-corrected chi connectivity index (χ4v) is 1.83. The van der Waals surface area contributed by atoms with Crippen molar-refractivity contribution in [2.45, 2.75) is 39.5 Å². The van der Waals surface area contributed by atoms with E-state index in [1.807, 2.05) is 0 Å². The summed E-state index contributed by atoms with van der Waals surface area (Å²) < 4.78 is 1.20. The summed E-state index contributed by atoms with van der Waals surface area (Å²) in [6.07, 6.45) is 0. The number of benzene rings is 1. The highest BCUT2D eigenvalue weighted by atomic mass is 79.9. The predicted octanol–water partition coefficient (Wildman–Crippen LogP) is 4.70. The Labute approximate surface area is 89.5 Å². The van der Waals surface area contributed by atoms with Crippen LogP contribution in [-0.2, 0) is 0 Å². The van der Waals surface area contributed by atoms with Crippen LogP contribution in [0.25, 0.3) is 0 Å². The molecule has 0 saturated heterocycles. The van der Waals surface area contributed by atoms with Gasteiger partial charge in [0.05, 0.1) is 0 Å². The summed E-state index contributed by atoms with van der Waals surface area (Å²) in [7, 11) is 0. The second-order valence-corrected chi connectivity index (χ2v) is 5.04. The number of rotatable bonds is 2. The van der Waals surface area contributed by atoms with Crippen LogP contribution in [0.15, 0.2) is 22.7 Å². The van der Waals surface area contributed by atoms with Crippen LogP contribution in [0, 0.1) is 0 Å². The lowest BCUT2D eigenvalue weighted by atomic mass is 9.96. The van der Waals surface area contributed by atoms with Crippen LogP contribution in [0.4, 0.5) is 0 Å². The quantitative estimate of drug-likeness (QED) is 0.704. The number of hydrogen-bond acceptors (Lipinski definition) is 0. The molecule has 13 heavy (non-hydrogen) atoms. The van der Waals surface area contributed by atoms with E-state index in [1.165, 1.54) is 15.6 Å². The normalized spacial score (nSPS) is 11.3. The van der Waals surface area contributed by atoms with Gasteiger partial charge < -0.3 is 0 Å². The maximum absolute atomic E-state index is 3.55. The van der Waals surface area contributed by atoms with Crippen molar-refractivity contribution < 1.29 is 0 Å². The van der Waals surface area contributed by atoms with E-state index >= 15 is 0 Å². The third-order valence-electron chi connectivity index (χ3n) is 2.28. The molecule has 0 bridgehead atoms. The zero-order chi connectivity index (χ0) is 10.0. The third kappa shape index (κ3) is 2.84. The summed E-state index contributed by atoms with van der Waals surface area (Å²) in [5.41, 5.74) is 2.83. The maximum Gasteiger partial charge on any atom is 0.0180 e. The molecule has 0 aliphatic carbocycles. The smallest absolute Gasteiger partial charge is 0.0180 e. The molecule has 0 aliphatic heterocycles. The van der Waals surface area contributed by atoms with Crippen molar-refractivity contribution >= 4 is 15.9 Å². The van der Waals surface area contributed by atoms with Gasteiger partial charge in [0.15, 0.2) is 0 Å². The lowest BCUT2D eigenvalue weighted by Crippen LogP contribution is -1.93. The second kappa shape index (κ2) is 4.28. The molecule has 0 radical (unpaired) electrons. The van der Waals surface area contributed by atoms with Gasteiger partial charge in [-0.15, -0.1) is 0 Å². The Hall–Kier alpha value is -0.300. The summed E-state index contributed by atoms with van der Waals surface area (Å²) >= 11 is 3.55. The van der Waals surface area contributed by atoms with Crippen LogP contribution in [-0.4, -0.2) is 0 Å². The molecule has 0 nitrogen and oxygen atoms in total. The zero-order valence-corrected chi connectivity index (χ0v) is 10.4. The molecule has 1 aromatic rings. The van der Waals surface area contributed by atoms with Crippen molar-refractivity contribution in [2.24, 2.45) is 0 Å². The van der Waals surface area contributed by atoms with E-state index < -0.39 is 0 Å². The van der Waals surface area contributed by atoms with Crippen molar-refractivity contribution in [2.75, 3.05) is 0 Å². The van der Waals surface area contributed by atoms with Crippen molar-refractivity contribution in [3.63, 3.8) is 0 Å². The molecule has 0 heterocycles. The largest absolute Gasteiger partial charge is 0.0587 e. The third-order valence-corrected chi connectivity index (χ3v) is 2.73. The minimum atomic E-state index is 0.606. The van der Waals surface area contributed by atoms with Crippen LogP contribution in [0.5, 0.6) is 0 Å². The zero-order valence-electron chi connectivity index (χ0n) is 8.76. The molecular formula is C12H17Br. The molecule has 0 fully saturated rings. The molecule has 72 valence electrons. The Kier molecular flexibility index (Phi) is 3.55. The Bertz CT molecular complexity index is 261. The van der Waals surface area contributed by atoms with E-state index in [4.69, 9.17) is 0 Å². The average Bonchev–Trinajstić information content (AvgIpc) is 2.03. The van der Waals surface area contributed by atoms with Gasteiger partial charge in [-0.2, -0.15) is 0 Å². The van der Waals surface area contributed by atoms with Crippen LogP contribution < -0.4 is 0 Å². The van der Waals surface area contributed by atoms with Crippen LogP contribution in [0.1, 0.15) is 50.7 Å². The van der Waals surface area contributed by atoms with Crippen LogP contribution >= 0.6 is 15.9 Å². The Morgan fingerprint density at radius 1 is 0.846 bits per heavy atom. The van der Waals surface area contributed by atoms with Crippen molar-refractivity contribution in [3.8, 4) is 0 Å². The summed E-state index contributed by atoms with van der Waals surface area (Å²) in [5.74, 6) is 1.21. The van der Waals surface area contributed by atoms with E-state index in [0.29, 0.717) is 11.8 Å². The topological polar surface area (TPSA) is 0 Å². The summed E-state index contributed by atoms with van der Waals surface area (Å²) in [6.45, 7) is 8.91. The van der Waals surface area contributed by atoms with Gasteiger partial charge >= 0.3 is 0 Å². The van der Waals surface area contributed by atoms with Gasteiger partial charge in [-0.25, -0.2) is 0 Å². The molecule has 0 saturated carbocycles. The molecule has 0 unspecified atom stereocenters. The van der Waals surface area contributed by atoms with E-state index in [-0.39, 0.29) is 0 Å². The first kappa shape index (κ1) is 10.8. The molecule has 1 heteroatoms. The van der Waals surface area contributed by atoms with E-state index in [1.54, 1.807) is 0 Å². The molecule has 0 N–H and O–H groups in total. The Morgan fingerprint density at radius 2 is 1.23 bits per heavy atom. The molecule has 1 aromatic carbocycles. The first-order valence-electron chi connectivity index (χ1n) is 4.81. The second-order valence-electron chi connectivity index (χ2n) is 4.13. The van der Waals surface area contributed by atoms with E-state index in [2.05, 4.69) is 61.8 Å². The molecular weight excluding hydrogens is 224 g/mol. The average molecular weight is 241 g/mol. The van der Waals surface area contributed by atoms with Crippen LogP contribution in [0.3, 0.4) is 0 Å². The standard InChI is InChI=1S/C12H17Br/c1-8(2)10-5-11(9(3)4)7-12(13)6-10/h5-9H,1-4H3. The number of halogens is 1. The minimum Gasteiger partial charge on any atom is -0.0587 e. The molecule has 0 aliphatic rings. The Morgan fingerprint density at radius 3 is 1.54 bits per heavy atom. The van der Waals surface area contributed by atoms with Gasteiger partial charge in [0, 0.05) is 4.47 Å². The van der Waals surface area contributed by atoms with Gasteiger partial charge in [-0.05, 0) is 35.1 Å². The highest BCUT2D eigenvalue weighted by Crippen LogP contribution is 2.25. The monoisotopic (exact) mass is 240 g/mol. The van der Waals surface area contributed by atoms with Gasteiger partial charge in [0.1, 0.15) is 0 Å². The van der Waals surface area contributed by atoms with Gasteiger partial charge in [-0.1, -0.05) is 49.7 Å². The SMILES string of the molecule is CC(C)c1cc(Br)cc(C(C)C)c1. The molecule has 1 rings (SSSR count). The molecule has 0 spiro atoms. The van der Waals surface area contributed by atoms with Crippen molar-refractivity contribution in [1.82, 2.24) is 0 Å². The highest BCUT2D eigenvalue weighted by Gasteiger charge is 2.05. The lowest BCUT2D eigenvalue weighted by molar-refractivity contribution is 0.832. The van der Waals surface area contributed by atoms with Gasteiger partial charge in [0.2, 0.25) is 0 Å². The predicted molar refractivity (Wildman–Crippen MR) is 62.3 cm³/mol. The fourth-order valence-electron chi connectivity index (χ4n) is 1.30. The van der Waals surface area contributed by atoms with Gasteiger partial charge in [-0.3, -0.25) is 0 Å². The van der Waals surface area contributed by atoms with Crippen molar-refractivity contribution in [3.05, 3.63) is 33.8 Å². The molecule has 0 aromatic heterocycles. The maximum atomic E-state index is 3.55. The van der Waals surface area contributed by atoms with Crippen molar-refractivity contribution in [1.29, 1.82) is 0 Å². The van der Waals surface area contributed by atoms with Gasteiger partial charge in [0.25, 0.3) is 0 Å². The van der Waals surface area contributed by atoms with E-state index in [0.717, 1.165) is 0 Å². The first-order valence-corrected chi connectivity index (χ1v) is 5.60. The van der Waals surface area contributed by atoms with Crippen LogP contribution in [0.2, 0.25) is 0 Å². The highest BCUT2D eigenvalue weighted by molar-refractivity contribution is 9.10. The molecule has 0 atom stereocenters. The minimum absolute atomic E-state index is 0.606. The first-order chi connectivity index (χ1) is 6.00. The summed E-state index contributed by atoms with van der Waals surface area (Å²) in [4.78, 5) is 0. The summed E-state index contributed by atoms with van der Waals surface area (Å²) in [6, 6.07) is 6.72. The summed E-state index contributed by atoms with van der Waals surface area (Å²) in [5, 5.41) is 0. The Balaban J connectivity index is 3.11. The van der Waals surface area contributed by atoms with E-state index in [9.17, 15) is 0 Å². The molecule has 0 amide bonds.